The van der Waals surface area contributed by atoms with Crippen molar-refractivity contribution in [1.29, 1.82) is 0 Å². The number of nitrogens with one attached hydrogen (secondary N) is 1. The topological polar surface area (TPSA) is 56.3 Å². The smallest absolute Gasteiger partial charge is 0.199 e. The lowest BCUT2D eigenvalue weighted by atomic mass is 10.2. The van der Waals surface area contributed by atoms with Gasteiger partial charge in [-0.05, 0) is 30.7 Å². The second kappa shape index (κ2) is 5.75. The van der Waals surface area contributed by atoms with E-state index >= 15 is 0 Å². The molecule has 0 saturated heterocycles. The number of hydrogen-bond donors (Lipinski definition) is 1. The van der Waals surface area contributed by atoms with Gasteiger partial charge in [0, 0.05) is 5.69 Å². The molecule has 0 unspecified atom stereocenters. The lowest BCUT2D eigenvalue weighted by Crippen LogP contribution is -1.99. The fraction of sp³-hybridized carbons (Fsp3) is 0.231. The van der Waals surface area contributed by atoms with Crippen LogP contribution in [0.5, 0.6) is 11.5 Å². The van der Waals surface area contributed by atoms with E-state index in [0.717, 1.165) is 17.0 Å². The molecule has 0 bridgehead atoms. The summed E-state index contributed by atoms with van der Waals surface area (Å²) in [6.45, 7) is 1.97. The Morgan fingerprint density at radius 1 is 1.16 bits per heavy atom. The Kier molecular flexibility index (Phi) is 4.06. The zero-order valence-corrected chi connectivity index (χ0v) is 11.7. The van der Waals surface area contributed by atoms with E-state index in [-0.39, 0.29) is 5.15 Å². The molecule has 6 heteroatoms. The van der Waals surface area contributed by atoms with E-state index in [0.29, 0.717) is 11.6 Å². The van der Waals surface area contributed by atoms with Crippen molar-refractivity contribution >= 4 is 23.1 Å². The van der Waals surface area contributed by atoms with Gasteiger partial charge in [-0.2, -0.15) is 0 Å². The lowest BCUT2D eigenvalue weighted by Gasteiger charge is -2.12. The molecule has 2 rings (SSSR count). The first-order valence-electron chi connectivity index (χ1n) is 5.62. The van der Waals surface area contributed by atoms with E-state index < -0.39 is 0 Å². The second-order valence-corrected chi connectivity index (χ2v) is 4.21. The largest absolute Gasteiger partial charge is 0.496 e. The molecular weight excluding hydrogens is 266 g/mol. The van der Waals surface area contributed by atoms with Crippen LogP contribution in [0.4, 0.5) is 11.5 Å². The molecule has 1 aromatic heterocycles. The highest BCUT2D eigenvalue weighted by atomic mass is 35.5. The number of nitrogens with zero attached hydrogens (tertiary/aromatic N) is 2. The maximum absolute atomic E-state index is 5.94. The van der Waals surface area contributed by atoms with Gasteiger partial charge in [-0.25, -0.2) is 9.97 Å². The van der Waals surface area contributed by atoms with Gasteiger partial charge in [-0.1, -0.05) is 11.6 Å². The van der Waals surface area contributed by atoms with Gasteiger partial charge in [0.15, 0.2) is 16.7 Å². The maximum atomic E-state index is 5.94. The molecule has 0 aliphatic heterocycles. The summed E-state index contributed by atoms with van der Waals surface area (Å²) in [6, 6.07) is 5.72. The summed E-state index contributed by atoms with van der Waals surface area (Å²) in [4.78, 5) is 7.98. The predicted molar refractivity (Wildman–Crippen MR) is 74.6 cm³/mol. The molecule has 0 saturated carbocycles. The summed E-state index contributed by atoms with van der Waals surface area (Å²) < 4.78 is 10.4. The van der Waals surface area contributed by atoms with Gasteiger partial charge in [-0.3, -0.25) is 0 Å². The van der Waals surface area contributed by atoms with Gasteiger partial charge in [0.25, 0.3) is 0 Å². The van der Waals surface area contributed by atoms with Crippen LogP contribution < -0.4 is 14.8 Å². The van der Waals surface area contributed by atoms with Crippen LogP contribution in [0.25, 0.3) is 0 Å². The minimum atomic E-state index is 0.269. The molecule has 1 N–H and O–H groups in total. The summed E-state index contributed by atoms with van der Waals surface area (Å²) in [5, 5.41) is 3.41. The fourth-order valence-corrected chi connectivity index (χ4v) is 1.93. The first-order chi connectivity index (χ1) is 9.15. The van der Waals surface area contributed by atoms with Crippen LogP contribution in [-0.4, -0.2) is 24.2 Å². The molecule has 1 heterocycles. The van der Waals surface area contributed by atoms with E-state index in [2.05, 4.69) is 15.3 Å². The van der Waals surface area contributed by atoms with Gasteiger partial charge in [0.2, 0.25) is 0 Å². The van der Waals surface area contributed by atoms with Crippen LogP contribution in [0.3, 0.4) is 0 Å². The Morgan fingerprint density at radius 2 is 1.95 bits per heavy atom. The van der Waals surface area contributed by atoms with Crippen molar-refractivity contribution in [2.45, 2.75) is 6.92 Å². The zero-order valence-electron chi connectivity index (χ0n) is 10.9. The zero-order chi connectivity index (χ0) is 13.8. The molecule has 19 heavy (non-hydrogen) atoms. The van der Waals surface area contributed by atoms with Crippen molar-refractivity contribution in [3.8, 4) is 11.5 Å². The van der Waals surface area contributed by atoms with E-state index in [4.69, 9.17) is 21.1 Å². The Morgan fingerprint density at radius 3 is 2.58 bits per heavy atom. The Hall–Kier alpha value is -2.01. The van der Waals surface area contributed by atoms with Gasteiger partial charge < -0.3 is 14.8 Å². The number of ether oxygens (including phenoxy) is 2. The molecule has 0 aliphatic rings. The number of benzene rings is 1. The SMILES string of the molecule is COc1ccc(Nc2ncnc(Cl)c2OC)cc1C. The highest BCUT2D eigenvalue weighted by Crippen LogP contribution is 2.31. The monoisotopic (exact) mass is 279 g/mol. The van der Waals surface area contributed by atoms with Crippen LogP contribution in [0.1, 0.15) is 5.56 Å². The molecule has 100 valence electrons. The van der Waals surface area contributed by atoms with E-state index in [1.165, 1.54) is 13.4 Å². The van der Waals surface area contributed by atoms with Gasteiger partial charge in [-0.15, -0.1) is 0 Å². The van der Waals surface area contributed by atoms with Crippen molar-refractivity contribution in [2.24, 2.45) is 0 Å². The molecule has 0 aliphatic carbocycles. The van der Waals surface area contributed by atoms with Crippen LogP contribution in [0, 0.1) is 6.92 Å². The first kappa shape index (κ1) is 13.4. The summed E-state index contributed by atoms with van der Waals surface area (Å²) >= 11 is 5.94. The number of anilines is 2. The van der Waals surface area contributed by atoms with Gasteiger partial charge >= 0.3 is 0 Å². The number of hydrogen-bond acceptors (Lipinski definition) is 5. The van der Waals surface area contributed by atoms with Crippen LogP contribution in [-0.2, 0) is 0 Å². The van der Waals surface area contributed by atoms with Crippen molar-refractivity contribution in [3.63, 3.8) is 0 Å². The highest BCUT2D eigenvalue weighted by Gasteiger charge is 2.10. The summed E-state index contributed by atoms with van der Waals surface area (Å²) in [5.41, 5.74) is 1.89. The van der Waals surface area contributed by atoms with Crippen molar-refractivity contribution < 1.29 is 9.47 Å². The molecular formula is C13H14ClN3O2. The second-order valence-electron chi connectivity index (χ2n) is 3.86. The highest BCUT2D eigenvalue weighted by molar-refractivity contribution is 6.31. The average molecular weight is 280 g/mol. The van der Waals surface area contributed by atoms with Crippen molar-refractivity contribution in [2.75, 3.05) is 19.5 Å². The third-order valence-electron chi connectivity index (χ3n) is 2.62. The van der Waals surface area contributed by atoms with Crippen LogP contribution >= 0.6 is 11.6 Å². The standard InChI is InChI=1S/C13H14ClN3O2/c1-8-6-9(4-5-10(8)18-2)17-13-11(19-3)12(14)15-7-16-13/h4-7H,1-3H3,(H,15,16,17). The summed E-state index contributed by atoms with van der Waals surface area (Å²) in [5.74, 6) is 1.77. The molecule has 0 atom stereocenters. The normalized spacial score (nSPS) is 10.1. The van der Waals surface area contributed by atoms with Gasteiger partial charge in [0.1, 0.15) is 12.1 Å². The van der Waals surface area contributed by atoms with E-state index in [1.54, 1.807) is 7.11 Å². The maximum Gasteiger partial charge on any atom is 0.199 e. The Bertz CT molecular complexity index is 590. The molecule has 5 nitrogen and oxygen atoms in total. The molecule has 0 amide bonds. The number of methoxy groups -OCH3 is 2. The third kappa shape index (κ3) is 2.88. The fourth-order valence-electron chi connectivity index (χ4n) is 1.72. The Balaban J connectivity index is 2.31. The summed E-state index contributed by atoms with van der Waals surface area (Å²) in [6.07, 6.45) is 1.38. The first-order valence-corrected chi connectivity index (χ1v) is 5.99. The molecule has 2 aromatic rings. The summed E-state index contributed by atoms with van der Waals surface area (Å²) in [7, 11) is 3.16. The lowest BCUT2D eigenvalue weighted by molar-refractivity contribution is 0.411. The number of rotatable bonds is 4. The van der Waals surface area contributed by atoms with E-state index in [1.807, 2.05) is 25.1 Å². The molecule has 1 aromatic carbocycles. The third-order valence-corrected chi connectivity index (χ3v) is 2.89. The van der Waals surface area contributed by atoms with Gasteiger partial charge in [0.05, 0.1) is 14.2 Å². The quantitative estimate of drug-likeness (QED) is 0.871. The minimum absolute atomic E-state index is 0.269. The number of aromatic nitrogens is 2. The van der Waals surface area contributed by atoms with Crippen LogP contribution in [0.2, 0.25) is 5.15 Å². The van der Waals surface area contributed by atoms with Crippen molar-refractivity contribution in [1.82, 2.24) is 9.97 Å². The van der Waals surface area contributed by atoms with Crippen molar-refractivity contribution in [3.05, 3.63) is 35.2 Å². The van der Waals surface area contributed by atoms with E-state index in [9.17, 15) is 0 Å². The van der Waals surface area contributed by atoms with Crippen LogP contribution in [0.15, 0.2) is 24.5 Å². The average Bonchev–Trinajstić information content (AvgIpc) is 2.39. The molecule has 0 fully saturated rings. The Labute approximate surface area is 116 Å². The number of aryl methyl sites for hydroxylation is 1. The predicted octanol–water partition coefficient (Wildman–Crippen LogP) is 3.20. The molecule has 0 spiro atoms. The number of halogens is 1. The minimum Gasteiger partial charge on any atom is -0.496 e. The molecule has 0 radical (unpaired) electrons.